The predicted molar refractivity (Wildman–Crippen MR) is 55.2 cm³/mol. The van der Waals surface area contributed by atoms with Gasteiger partial charge in [-0.25, -0.2) is 0 Å². The molecule has 1 N–H and O–H groups in total. The molecule has 0 aromatic carbocycles. The molecule has 3 unspecified atom stereocenters. The van der Waals surface area contributed by atoms with E-state index in [0.29, 0.717) is 0 Å². The lowest BCUT2D eigenvalue weighted by molar-refractivity contribution is -0.156. The molecule has 2 aliphatic carbocycles. The van der Waals surface area contributed by atoms with Gasteiger partial charge in [0.05, 0.1) is 0 Å². The fourth-order valence-corrected chi connectivity index (χ4v) is 3.62. The third-order valence-electron chi connectivity index (χ3n) is 5.11. The molecule has 0 aromatic rings. The van der Waals surface area contributed by atoms with Crippen molar-refractivity contribution in [3.05, 3.63) is 0 Å². The van der Waals surface area contributed by atoms with Crippen LogP contribution in [0.4, 0.5) is 0 Å². The Kier molecular flexibility index (Phi) is 1.81. The molecule has 0 spiro atoms. The molecule has 3 heteroatoms. The van der Waals surface area contributed by atoms with Gasteiger partial charge in [0.2, 0.25) is 0 Å². The van der Waals surface area contributed by atoms with Gasteiger partial charge in [-0.3, -0.25) is 9.59 Å². The average molecular weight is 210 g/mol. The standard InChI is InChI=1S/C12H18O3/c1-7(13)12(15)8-5-6-11(4,9(12)14)10(8,2)3/h8,15H,5-6H2,1-4H3. The van der Waals surface area contributed by atoms with E-state index in [1.165, 1.54) is 6.92 Å². The first-order valence-electron chi connectivity index (χ1n) is 5.47. The van der Waals surface area contributed by atoms with Gasteiger partial charge in [-0.05, 0) is 25.2 Å². The molecule has 0 aromatic heterocycles. The van der Waals surface area contributed by atoms with E-state index in [1.54, 1.807) is 0 Å². The van der Waals surface area contributed by atoms with Crippen molar-refractivity contribution in [1.29, 1.82) is 0 Å². The zero-order chi connectivity index (χ0) is 11.6. The van der Waals surface area contributed by atoms with Crippen LogP contribution in [-0.2, 0) is 9.59 Å². The average Bonchev–Trinajstić information content (AvgIpc) is 2.41. The first-order valence-corrected chi connectivity index (χ1v) is 5.47. The van der Waals surface area contributed by atoms with Gasteiger partial charge >= 0.3 is 0 Å². The largest absolute Gasteiger partial charge is 0.374 e. The molecule has 2 saturated carbocycles. The molecular formula is C12H18O3. The van der Waals surface area contributed by atoms with Gasteiger partial charge in [0.1, 0.15) is 0 Å². The Labute approximate surface area is 89.9 Å². The lowest BCUT2D eigenvalue weighted by atomic mass is 9.70. The summed E-state index contributed by atoms with van der Waals surface area (Å²) in [5.74, 6) is -0.863. The number of rotatable bonds is 1. The monoisotopic (exact) mass is 210 g/mol. The van der Waals surface area contributed by atoms with Crippen LogP contribution in [0.25, 0.3) is 0 Å². The van der Waals surface area contributed by atoms with E-state index < -0.39 is 16.8 Å². The number of carbonyl (C=O) groups is 2. The molecule has 2 aliphatic rings. The summed E-state index contributed by atoms with van der Waals surface area (Å²) in [6.07, 6.45) is 1.56. The molecule has 0 aliphatic heterocycles. The van der Waals surface area contributed by atoms with Crippen molar-refractivity contribution in [3.63, 3.8) is 0 Å². The molecule has 0 amide bonds. The van der Waals surface area contributed by atoms with Crippen molar-refractivity contribution in [2.45, 2.75) is 46.1 Å². The van der Waals surface area contributed by atoms with Crippen LogP contribution >= 0.6 is 0 Å². The summed E-state index contributed by atoms with van der Waals surface area (Å²) < 4.78 is 0. The highest BCUT2D eigenvalue weighted by atomic mass is 16.3. The van der Waals surface area contributed by atoms with Crippen LogP contribution in [0, 0.1) is 16.7 Å². The maximum atomic E-state index is 12.2. The minimum absolute atomic E-state index is 0.208. The van der Waals surface area contributed by atoms with E-state index in [-0.39, 0.29) is 17.1 Å². The predicted octanol–water partition coefficient (Wildman–Crippen LogP) is 1.33. The number of hydrogen-bond donors (Lipinski definition) is 1. The van der Waals surface area contributed by atoms with Crippen molar-refractivity contribution in [2.75, 3.05) is 0 Å². The van der Waals surface area contributed by atoms with Gasteiger partial charge in [-0.15, -0.1) is 0 Å². The Morgan fingerprint density at radius 2 is 1.93 bits per heavy atom. The second-order valence-corrected chi connectivity index (χ2v) is 5.80. The van der Waals surface area contributed by atoms with E-state index in [1.807, 2.05) is 20.8 Å². The molecule has 0 heterocycles. The molecule has 0 radical (unpaired) electrons. The van der Waals surface area contributed by atoms with Crippen molar-refractivity contribution < 1.29 is 14.7 Å². The summed E-state index contributed by atoms with van der Waals surface area (Å²) in [5.41, 5.74) is -2.51. The van der Waals surface area contributed by atoms with Crippen molar-refractivity contribution in [2.24, 2.45) is 16.7 Å². The van der Waals surface area contributed by atoms with Crippen LogP contribution in [0.5, 0.6) is 0 Å². The van der Waals surface area contributed by atoms with Gasteiger partial charge in [0, 0.05) is 11.3 Å². The zero-order valence-corrected chi connectivity index (χ0v) is 9.76. The topological polar surface area (TPSA) is 54.4 Å². The van der Waals surface area contributed by atoms with Crippen LogP contribution in [0.1, 0.15) is 40.5 Å². The van der Waals surface area contributed by atoms with Gasteiger partial charge in [0.15, 0.2) is 17.2 Å². The summed E-state index contributed by atoms with van der Waals surface area (Å²) in [4.78, 5) is 23.7. The van der Waals surface area contributed by atoms with Gasteiger partial charge in [-0.2, -0.15) is 0 Å². The zero-order valence-electron chi connectivity index (χ0n) is 9.76. The van der Waals surface area contributed by atoms with Gasteiger partial charge in [-0.1, -0.05) is 20.8 Å². The normalized spacial score (nSPS) is 47.3. The lowest BCUT2D eigenvalue weighted by Gasteiger charge is -2.31. The highest BCUT2D eigenvalue weighted by molar-refractivity contribution is 6.14. The first-order chi connectivity index (χ1) is 6.69. The maximum Gasteiger partial charge on any atom is 0.184 e. The highest BCUT2D eigenvalue weighted by Crippen LogP contribution is 2.67. The number of Topliss-reactive ketones (excluding diaryl/α,β-unsaturated/α-hetero) is 2. The molecule has 84 valence electrons. The summed E-state index contributed by atoms with van der Waals surface area (Å²) in [6, 6.07) is 0. The summed E-state index contributed by atoms with van der Waals surface area (Å²) >= 11 is 0. The van der Waals surface area contributed by atoms with E-state index >= 15 is 0 Å². The number of carbonyl (C=O) groups excluding carboxylic acids is 2. The first kappa shape index (κ1) is 10.8. The third kappa shape index (κ3) is 0.865. The van der Waals surface area contributed by atoms with Crippen LogP contribution in [0.15, 0.2) is 0 Å². The fraction of sp³-hybridized carbons (Fsp3) is 0.833. The molecule has 2 bridgehead atoms. The van der Waals surface area contributed by atoms with E-state index in [9.17, 15) is 14.7 Å². The minimum atomic E-state index is -1.71. The van der Waals surface area contributed by atoms with Crippen LogP contribution in [-0.4, -0.2) is 22.3 Å². The van der Waals surface area contributed by atoms with Crippen molar-refractivity contribution >= 4 is 11.6 Å². The molecule has 2 fully saturated rings. The second-order valence-electron chi connectivity index (χ2n) is 5.80. The molecule has 3 atom stereocenters. The summed E-state index contributed by atoms with van der Waals surface area (Å²) in [5, 5.41) is 10.3. The van der Waals surface area contributed by atoms with E-state index in [4.69, 9.17) is 0 Å². The van der Waals surface area contributed by atoms with E-state index in [2.05, 4.69) is 0 Å². The van der Waals surface area contributed by atoms with Crippen LogP contribution in [0.2, 0.25) is 0 Å². The Hall–Kier alpha value is -0.700. The van der Waals surface area contributed by atoms with Gasteiger partial charge in [0.25, 0.3) is 0 Å². The number of ketones is 2. The quantitative estimate of drug-likeness (QED) is 0.664. The Morgan fingerprint density at radius 1 is 1.40 bits per heavy atom. The second kappa shape index (κ2) is 2.51. The summed E-state index contributed by atoms with van der Waals surface area (Å²) in [6.45, 7) is 7.18. The van der Waals surface area contributed by atoms with Crippen LogP contribution < -0.4 is 0 Å². The molecule has 0 saturated heterocycles. The molecule has 3 nitrogen and oxygen atoms in total. The Balaban J connectivity index is 2.61. The van der Waals surface area contributed by atoms with E-state index in [0.717, 1.165) is 12.8 Å². The summed E-state index contributed by atoms with van der Waals surface area (Å²) in [7, 11) is 0. The smallest absolute Gasteiger partial charge is 0.184 e. The Morgan fingerprint density at radius 3 is 2.20 bits per heavy atom. The fourth-order valence-electron chi connectivity index (χ4n) is 3.62. The molecule has 15 heavy (non-hydrogen) atoms. The molecule has 2 rings (SSSR count). The highest BCUT2D eigenvalue weighted by Gasteiger charge is 2.74. The Bertz CT molecular complexity index is 358. The van der Waals surface area contributed by atoms with Gasteiger partial charge < -0.3 is 5.11 Å². The SMILES string of the molecule is CC(=O)C1(O)C(=O)C2(C)CCC1C2(C)C. The van der Waals surface area contributed by atoms with Crippen molar-refractivity contribution in [3.8, 4) is 0 Å². The maximum absolute atomic E-state index is 12.2. The number of aliphatic hydroxyl groups is 1. The van der Waals surface area contributed by atoms with Crippen molar-refractivity contribution in [1.82, 2.24) is 0 Å². The lowest BCUT2D eigenvalue weighted by Crippen LogP contribution is -2.51. The van der Waals surface area contributed by atoms with Crippen LogP contribution in [0.3, 0.4) is 0 Å². The molecular weight excluding hydrogens is 192 g/mol. The number of fused-ring (bicyclic) bond motifs is 2. The number of hydrogen-bond acceptors (Lipinski definition) is 3. The minimum Gasteiger partial charge on any atom is -0.374 e. The third-order valence-corrected chi connectivity index (χ3v) is 5.11.